The summed E-state index contributed by atoms with van der Waals surface area (Å²) in [5.41, 5.74) is 0.551. The van der Waals surface area contributed by atoms with Crippen LogP contribution in [0.1, 0.15) is 23.0 Å². The fraction of sp³-hybridized carbons (Fsp3) is 0.368. The second kappa shape index (κ2) is 7.51. The summed E-state index contributed by atoms with van der Waals surface area (Å²) >= 11 is 0. The fourth-order valence-corrected chi connectivity index (χ4v) is 3.08. The SMILES string of the molecule is C[C@@H](Cc1ccccc1F)C(=O)N1CCN(C(=O)c2ccco2)CC1. The number of piperazine rings is 1. The number of amides is 2. The van der Waals surface area contributed by atoms with Gasteiger partial charge in [-0.25, -0.2) is 4.39 Å². The maximum Gasteiger partial charge on any atom is 0.289 e. The third-order valence-corrected chi connectivity index (χ3v) is 4.52. The first-order valence-electron chi connectivity index (χ1n) is 8.41. The molecule has 1 saturated heterocycles. The van der Waals surface area contributed by atoms with Crippen LogP contribution in [0.3, 0.4) is 0 Å². The van der Waals surface area contributed by atoms with Gasteiger partial charge in [0.05, 0.1) is 6.26 Å². The van der Waals surface area contributed by atoms with E-state index in [1.165, 1.54) is 12.3 Å². The van der Waals surface area contributed by atoms with Crippen molar-refractivity contribution in [1.82, 2.24) is 9.80 Å². The van der Waals surface area contributed by atoms with E-state index in [0.29, 0.717) is 43.9 Å². The van der Waals surface area contributed by atoms with Gasteiger partial charge in [0, 0.05) is 32.1 Å². The highest BCUT2D eigenvalue weighted by Crippen LogP contribution is 2.16. The van der Waals surface area contributed by atoms with E-state index in [0.717, 1.165) is 0 Å². The maximum absolute atomic E-state index is 13.8. The quantitative estimate of drug-likeness (QED) is 0.857. The van der Waals surface area contributed by atoms with E-state index >= 15 is 0 Å². The number of hydrogen-bond donors (Lipinski definition) is 0. The molecule has 1 aliphatic rings. The van der Waals surface area contributed by atoms with Crippen molar-refractivity contribution in [1.29, 1.82) is 0 Å². The van der Waals surface area contributed by atoms with Gasteiger partial charge in [-0.05, 0) is 30.2 Å². The summed E-state index contributed by atoms with van der Waals surface area (Å²) in [6.45, 7) is 3.71. The first-order chi connectivity index (χ1) is 12.1. The molecule has 132 valence electrons. The van der Waals surface area contributed by atoms with Gasteiger partial charge in [-0.15, -0.1) is 0 Å². The molecule has 1 atom stereocenters. The summed E-state index contributed by atoms with van der Waals surface area (Å²) in [5, 5.41) is 0. The van der Waals surface area contributed by atoms with E-state index < -0.39 is 0 Å². The maximum atomic E-state index is 13.8. The zero-order chi connectivity index (χ0) is 17.8. The normalized spacial score (nSPS) is 15.9. The van der Waals surface area contributed by atoms with Gasteiger partial charge in [0.25, 0.3) is 5.91 Å². The Balaban J connectivity index is 1.54. The predicted octanol–water partition coefficient (Wildman–Crippen LogP) is 2.58. The number of halogens is 1. The minimum Gasteiger partial charge on any atom is -0.459 e. The van der Waals surface area contributed by atoms with Gasteiger partial charge in [-0.2, -0.15) is 0 Å². The minimum atomic E-state index is -0.302. The van der Waals surface area contributed by atoms with Crippen LogP contribution in [0.5, 0.6) is 0 Å². The van der Waals surface area contributed by atoms with Crippen molar-refractivity contribution in [3.63, 3.8) is 0 Å². The molecule has 5 nitrogen and oxygen atoms in total. The highest BCUT2D eigenvalue weighted by atomic mass is 19.1. The average molecular weight is 344 g/mol. The molecule has 1 aromatic heterocycles. The molecular formula is C19H21FN2O3. The molecule has 0 aliphatic carbocycles. The van der Waals surface area contributed by atoms with Crippen molar-refractivity contribution in [2.24, 2.45) is 5.92 Å². The summed E-state index contributed by atoms with van der Waals surface area (Å²) in [6.07, 6.45) is 1.84. The number of carbonyl (C=O) groups excluding carboxylic acids is 2. The molecule has 0 radical (unpaired) electrons. The number of furan rings is 1. The molecule has 0 spiro atoms. The van der Waals surface area contributed by atoms with E-state index in [1.807, 2.05) is 6.92 Å². The second-order valence-electron chi connectivity index (χ2n) is 6.29. The number of rotatable bonds is 4. The molecule has 0 unspecified atom stereocenters. The third-order valence-electron chi connectivity index (χ3n) is 4.52. The zero-order valence-electron chi connectivity index (χ0n) is 14.2. The van der Waals surface area contributed by atoms with E-state index in [-0.39, 0.29) is 23.5 Å². The van der Waals surface area contributed by atoms with Gasteiger partial charge in [0.2, 0.25) is 5.91 Å². The Morgan fingerprint density at radius 1 is 1.08 bits per heavy atom. The minimum absolute atomic E-state index is 0.00616. The van der Waals surface area contributed by atoms with Crippen molar-refractivity contribution in [3.05, 3.63) is 59.8 Å². The fourth-order valence-electron chi connectivity index (χ4n) is 3.08. The van der Waals surface area contributed by atoms with Crippen LogP contribution in [-0.2, 0) is 11.2 Å². The molecule has 3 rings (SSSR count). The van der Waals surface area contributed by atoms with Crippen molar-refractivity contribution in [2.75, 3.05) is 26.2 Å². The Labute approximate surface area is 146 Å². The first-order valence-corrected chi connectivity index (χ1v) is 8.41. The monoisotopic (exact) mass is 344 g/mol. The molecule has 2 aromatic rings. The summed E-state index contributed by atoms with van der Waals surface area (Å²) < 4.78 is 18.9. The van der Waals surface area contributed by atoms with Crippen LogP contribution < -0.4 is 0 Å². The standard InChI is InChI=1S/C19H21FN2O3/c1-14(13-15-5-2-3-6-16(15)20)18(23)21-8-10-22(11-9-21)19(24)17-7-4-12-25-17/h2-7,12,14H,8-11,13H2,1H3/t14-/m0/s1. The molecule has 2 amide bonds. The molecule has 1 aromatic carbocycles. The molecule has 0 bridgehead atoms. The topological polar surface area (TPSA) is 53.8 Å². The Kier molecular flexibility index (Phi) is 5.16. The third kappa shape index (κ3) is 3.90. The molecule has 1 fully saturated rings. The largest absolute Gasteiger partial charge is 0.459 e. The molecule has 0 N–H and O–H groups in total. The summed E-state index contributed by atoms with van der Waals surface area (Å²) in [5.74, 6) is -0.433. The summed E-state index contributed by atoms with van der Waals surface area (Å²) in [6, 6.07) is 9.84. The lowest BCUT2D eigenvalue weighted by atomic mass is 9.99. The number of nitrogens with zero attached hydrogens (tertiary/aromatic N) is 2. The highest BCUT2D eigenvalue weighted by Gasteiger charge is 2.28. The Bertz CT molecular complexity index is 737. The van der Waals surface area contributed by atoms with E-state index in [9.17, 15) is 14.0 Å². The van der Waals surface area contributed by atoms with Crippen LogP contribution in [0.4, 0.5) is 4.39 Å². The Hall–Kier alpha value is -2.63. The van der Waals surface area contributed by atoms with Gasteiger partial charge < -0.3 is 14.2 Å². The van der Waals surface area contributed by atoms with Crippen LogP contribution in [0, 0.1) is 11.7 Å². The Morgan fingerprint density at radius 2 is 1.76 bits per heavy atom. The van der Waals surface area contributed by atoms with E-state index in [2.05, 4.69) is 0 Å². The molecule has 1 aliphatic heterocycles. The molecule has 6 heteroatoms. The number of hydrogen-bond acceptors (Lipinski definition) is 3. The van der Waals surface area contributed by atoms with Gasteiger partial charge in [-0.3, -0.25) is 9.59 Å². The van der Waals surface area contributed by atoms with Crippen LogP contribution in [0.15, 0.2) is 47.1 Å². The first kappa shape index (κ1) is 17.2. The zero-order valence-corrected chi connectivity index (χ0v) is 14.2. The lowest BCUT2D eigenvalue weighted by Gasteiger charge is -2.35. The van der Waals surface area contributed by atoms with Crippen molar-refractivity contribution >= 4 is 11.8 Å². The smallest absolute Gasteiger partial charge is 0.289 e. The van der Waals surface area contributed by atoms with Crippen LogP contribution in [0.2, 0.25) is 0 Å². The number of carbonyl (C=O) groups is 2. The van der Waals surface area contributed by atoms with Crippen molar-refractivity contribution in [3.8, 4) is 0 Å². The van der Waals surface area contributed by atoms with Gasteiger partial charge in [0.1, 0.15) is 5.82 Å². The van der Waals surface area contributed by atoms with Crippen molar-refractivity contribution < 1.29 is 18.4 Å². The lowest BCUT2D eigenvalue weighted by Crippen LogP contribution is -2.51. The molecule has 25 heavy (non-hydrogen) atoms. The lowest BCUT2D eigenvalue weighted by molar-refractivity contribution is -0.136. The summed E-state index contributed by atoms with van der Waals surface area (Å²) in [7, 11) is 0. The van der Waals surface area contributed by atoms with E-state index in [1.54, 1.807) is 40.1 Å². The van der Waals surface area contributed by atoms with Crippen LogP contribution >= 0.6 is 0 Å². The number of benzene rings is 1. The van der Waals surface area contributed by atoms with Crippen LogP contribution in [-0.4, -0.2) is 47.8 Å². The molecule has 2 heterocycles. The van der Waals surface area contributed by atoms with Gasteiger partial charge in [0.15, 0.2) is 5.76 Å². The average Bonchev–Trinajstić information content (AvgIpc) is 3.17. The van der Waals surface area contributed by atoms with Crippen molar-refractivity contribution in [2.45, 2.75) is 13.3 Å². The van der Waals surface area contributed by atoms with Crippen LogP contribution in [0.25, 0.3) is 0 Å². The predicted molar refractivity (Wildman–Crippen MR) is 90.5 cm³/mol. The van der Waals surface area contributed by atoms with Gasteiger partial charge in [-0.1, -0.05) is 25.1 Å². The molecular weight excluding hydrogens is 323 g/mol. The van der Waals surface area contributed by atoms with Gasteiger partial charge >= 0.3 is 0 Å². The Morgan fingerprint density at radius 3 is 2.40 bits per heavy atom. The second-order valence-corrected chi connectivity index (χ2v) is 6.29. The molecule has 0 saturated carbocycles. The summed E-state index contributed by atoms with van der Waals surface area (Å²) in [4.78, 5) is 28.3. The highest BCUT2D eigenvalue weighted by molar-refractivity contribution is 5.91. The van der Waals surface area contributed by atoms with E-state index in [4.69, 9.17) is 4.42 Å².